The van der Waals surface area contributed by atoms with Crippen molar-refractivity contribution in [2.24, 2.45) is 0 Å². The molecular weight excluding hydrogens is 336 g/mol. The molecule has 1 saturated heterocycles. The molecule has 5 nitrogen and oxygen atoms in total. The number of nitrogens with zero attached hydrogens (tertiary/aromatic N) is 1. The van der Waals surface area contributed by atoms with Gasteiger partial charge in [-0.1, -0.05) is 30.3 Å². The smallest absolute Gasteiger partial charge is 0.266 e. The summed E-state index contributed by atoms with van der Waals surface area (Å²) in [5.74, 6) is -0.0275. The fourth-order valence-corrected chi connectivity index (χ4v) is 3.43. The van der Waals surface area contributed by atoms with E-state index in [-0.39, 0.29) is 18.1 Å². The van der Waals surface area contributed by atoms with Gasteiger partial charge in [0.2, 0.25) is 0 Å². The van der Waals surface area contributed by atoms with Crippen LogP contribution in [0.15, 0.2) is 52.9 Å². The molecule has 1 aromatic heterocycles. The normalized spacial score (nSPS) is 20.8. The Labute approximate surface area is 150 Å². The van der Waals surface area contributed by atoms with Gasteiger partial charge in [-0.25, -0.2) is 0 Å². The van der Waals surface area contributed by atoms with Crippen LogP contribution in [0, 0.1) is 4.84 Å². The van der Waals surface area contributed by atoms with Gasteiger partial charge in [-0.15, -0.1) is 0 Å². The predicted molar refractivity (Wildman–Crippen MR) is 97.0 cm³/mol. The monoisotopic (exact) mass is 354 g/mol. The highest BCUT2D eigenvalue weighted by atomic mass is 32.1. The van der Waals surface area contributed by atoms with Crippen molar-refractivity contribution in [3.63, 3.8) is 0 Å². The van der Waals surface area contributed by atoms with Crippen LogP contribution in [-0.2, 0) is 4.74 Å². The van der Waals surface area contributed by atoms with Crippen molar-refractivity contribution in [2.75, 3.05) is 13.1 Å². The molecule has 0 bridgehead atoms. The van der Waals surface area contributed by atoms with Gasteiger partial charge in [-0.05, 0) is 42.9 Å². The molecule has 0 unspecified atom stereocenters. The van der Waals surface area contributed by atoms with Gasteiger partial charge in [0.05, 0.1) is 18.2 Å². The minimum atomic E-state index is -0.117. The molecule has 1 fully saturated rings. The number of H-pyrrole nitrogens is 1. The highest BCUT2D eigenvalue weighted by Crippen LogP contribution is 2.26. The van der Waals surface area contributed by atoms with E-state index in [2.05, 4.69) is 4.98 Å². The number of rotatable bonds is 2. The topological polar surface area (TPSA) is 58.5 Å². The number of carbonyl (C=O) groups is 1. The molecule has 0 radical (unpaired) electrons. The zero-order chi connectivity index (χ0) is 17.4. The molecule has 0 spiro atoms. The predicted octanol–water partition coefficient (Wildman–Crippen LogP) is 4.09. The van der Waals surface area contributed by atoms with Gasteiger partial charge in [0, 0.05) is 12.1 Å². The molecule has 128 valence electrons. The Morgan fingerprint density at radius 1 is 1.20 bits per heavy atom. The molecule has 1 aliphatic heterocycles. The highest BCUT2D eigenvalue weighted by Gasteiger charge is 2.30. The number of oxazole rings is 1. The zero-order valence-electron chi connectivity index (χ0n) is 13.8. The molecule has 1 amide bonds. The quantitative estimate of drug-likeness (QED) is 0.704. The summed E-state index contributed by atoms with van der Waals surface area (Å²) in [6, 6.07) is 15.4. The van der Waals surface area contributed by atoms with Crippen molar-refractivity contribution in [3.05, 3.63) is 64.5 Å². The van der Waals surface area contributed by atoms with E-state index >= 15 is 0 Å². The number of morpholine rings is 1. The Bertz CT molecular complexity index is 963. The Hall–Kier alpha value is -2.44. The largest absolute Gasteiger partial charge is 0.429 e. The molecule has 0 saturated carbocycles. The summed E-state index contributed by atoms with van der Waals surface area (Å²) in [4.78, 5) is 18.1. The van der Waals surface area contributed by atoms with Crippen LogP contribution in [0.1, 0.15) is 28.9 Å². The van der Waals surface area contributed by atoms with Crippen molar-refractivity contribution in [2.45, 2.75) is 19.1 Å². The molecule has 2 heterocycles. The lowest BCUT2D eigenvalue weighted by atomic mass is 10.1. The number of nitrogens with one attached hydrogen (secondary N) is 1. The Morgan fingerprint density at radius 2 is 2.00 bits per heavy atom. The number of fused-ring (bicyclic) bond motifs is 1. The Balaban J connectivity index is 1.60. The lowest BCUT2D eigenvalue weighted by Gasteiger charge is -2.37. The molecule has 25 heavy (non-hydrogen) atoms. The average Bonchev–Trinajstić information content (AvgIpc) is 3.00. The third kappa shape index (κ3) is 3.23. The van der Waals surface area contributed by atoms with Crippen LogP contribution in [0.4, 0.5) is 0 Å². The van der Waals surface area contributed by atoms with Gasteiger partial charge in [-0.2, -0.15) is 0 Å². The van der Waals surface area contributed by atoms with Gasteiger partial charge in [-0.3, -0.25) is 4.79 Å². The van der Waals surface area contributed by atoms with E-state index < -0.39 is 0 Å². The number of aromatic amines is 1. The minimum absolute atomic E-state index is 0.0252. The number of benzene rings is 2. The highest BCUT2D eigenvalue weighted by molar-refractivity contribution is 7.71. The van der Waals surface area contributed by atoms with E-state index in [1.54, 1.807) is 12.1 Å². The number of hydrogen-bond acceptors (Lipinski definition) is 4. The van der Waals surface area contributed by atoms with Crippen molar-refractivity contribution >= 4 is 29.2 Å². The maximum Gasteiger partial charge on any atom is 0.266 e. The lowest BCUT2D eigenvalue weighted by molar-refractivity contribution is -0.0691. The summed E-state index contributed by atoms with van der Waals surface area (Å²) in [5, 5.41) is 0. The van der Waals surface area contributed by atoms with E-state index in [1.807, 2.05) is 48.2 Å². The summed E-state index contributed by atoms with van der Waals surface area (Å²) in [5.41, 5.74) is 3.06. The number of amides is 1. The van der Waals surface area contributed by atoms with E-state index in [9.17, 15) is 4.79 Å². The van der Waals surface area contributed by atoms with Gasteiger partial charge < -0.3 is 19.0 Å². The first-order chi connectivity index (χ1) is 12.1. The first kappa shape index (κ1) is 16.1. The molecule has 4 rings (SSSR count). The minimum Gasteiger partial charge on any atom is -0.429 e. The summed E-state index contributed by atoms with van der Waals surface area (Å²) >= 11 is 5.00. The van der Waals surface area contributed by atoms with E-state index in [4.69, 9.17) is 21.4 Å². The fraction of sp³-hybridized carbons (Fsp3) is 0.263. The first-order valence-corrected chi connectivity index (χ1v) is 8.63. The molecule has 0 aliphatic carbocycles. The van der Waals surface area contributed by atoms with E-state index in [0.717, 1.165) is 11.1 Å². The zero-order valence-corrected chi connectivity index (χ0v) is 14.6. The van der Waals surface area contributed by atoms with Crippen molar-refractivity contribution in [1.82, 2.24) is 9.88 Å². The van der Waals surface area contributed by atoms with E-state index in [1.165, 1.54) is 0 Å². The molecule has 3 aromatic rings. The second-order valence-corrected chi connectivity index (χ2v) is 6.65. The molecular formula is C19H18N2O3S. The Morgan fingerprint density at radius 3 is 2.80 bits per heavy atom. The van der Waals surface area contributed by atoms with Crippen molar-refractivity contribution in [1.29, 1.82) is 0 Å². The van der Waals surface area contributed by atoms with Crippen LogP contribution < -0.4 is 0 Å². The third-order valence-corrected chi connectivity index (χ3v) is 4.57. The van der Waals surface area contributed by atoms with Crippen LogP contribution in [0.5, 0.6) is 0 Å². The standard InChI is InChI=1S/C19H18N2O3S/c1-12-10-21(11-17(23-12)13-5-3-2-4-6-13)18(22)14-7-8-15-16(9-14)24-19(25)20-15/h2-9,12,17H,10-11H2,1H3,(H,20,25)/t12-,17+/m1/s1. The van der Waals surface area contributed by atoms with Crippen LogP contribution >= 0.6 is 12.2 Å². The van der Waals surface area contributed by atoms with E-state index in [0.29, 0.717) is 29.1 Å². The van der Waals surface area contributed by atoms with Crippen LogP contribution in [-0.4, -0.2) is 35.0 Å². The fourth-order valence-electron chi connectivity index (χ4n) is 3.23. The van der Waals surface area contributed by atoms with Crippen molar-refractivity contribution in [3.8, 4) is 0 Å². The van der Waals surface area contributed by atoms with Crippen LogP contribution in [0.2, 0.25) is 0 Å². The summed E-state index contributed by atoms with van der Waals surface area (Å²) in [6.07, 6.45) is -0.142. The maximum absolute atomic E-state index is 13.0. The number of carbonyl (C=O) groups excluding carboxylic acids is 1. The molecule has 6 heteroatoms. The van der Waals surface area contributed by atoms with Gasteiger partial charge in [0.1, 0.15) is 6.10 Å². The van der Waals surface area contributed by atoms with Gasteiger partial charge >= 0.3 is 0 Å². The summed E-state index contributed by atoms with van der Waals surface area (Å²) < 4.78 is 11.5. The molecule has 1 N–H and O–H groups in total. The third-order valence-electron chi connectivity index (χ3n) is 4.39. The molecule has 2 aromatic carbocycles. The van der Waals surface area contributed by atoms with Crippen LogP contribution in [0.25, 0.3) is 11.1 Å². The summed E-state index contributed by atoms with van der Waals surface area (Å²) in [7, 11) is 0. The lowest BCUT2D eigenvalue weighted by Crippen LogP contribution is -2.45. The van der Waals surface area contributed by atoms with Crippen molar-refractivity contribution < 1.29 is 13.9 Å². The molecule has 1 aliphatic rings. The summed E-state index contributed by atoms with van der Waals surface area (Å²) in [6.45, 7) is 3.09. The second-order valence-electron chi connectivity index (χ2n) is 6.28. The number of ether oxygens (including phenoxy) is 1. The van der Waals surface area contributed by atoms with Gasteiger partial charge in [0.25, 0.3) is 10.7 Å². The SMILES string of the molecule is C[C@@H]1CN(C(=O)c2ccc3[nH]c(=S)oc3c2)C[C@@H](c2ccccc2)O1. The van der Waals surface area contributed by atoms with Crippen LogP contribution in [0.3, 0.4) is 0 Å². The van der Waals surface area contributed by atoms with Gasteiger partial charge in [0.15, 0.2) is 5.58 Å². The first-order valence-electron chi connectivity index (χ1n) is 8.23. The molecule has 2 atom stereocenters. The second kappa shape index (κ2) is 6.46. The average molecular weight is 354 g/mol. The maximum atomic E-state index is 13.0. The Kier molecular flexibility index (Phi) is 4.15. The number of aromatic nitrogens is 1. The number of hydrogen-bond donors (Lipinski definition) is 1.